The summed E-state index contributed by atoms with van der Waals surface area (Å²) in [6.45, 7) is 2.06. The molecule has 0 saturated carbocycles. The summed E-state index contributed by atoms with van der Waals surface area (Å²) < 4.78 is 37.2. The molecule has 0 unspecified atom stereocenters. The van der Waals surface area contributed by atoms with Crippen LogP contribution in [0.2, 0.25) is 0 Å². The molecular weight excluding hydrogens is 464 g/mol. The summed E-state index contributed by atoms with van der Waals surface area (Å²) in [5.74, 6) is 0. The Hall–Kier alpha value is -2.92. The molecule has 0 aliphatic carbocycles. The van der Waals surface area contributed by atoms with Gasteiger partial charge in [-0.1, -0.05) is 23.8 Å². The van der Waals surface area contributed by atoms with Gasteiger partial charge in [-0.25, -0.2) is 8.42 Å². The van der Waals surface area contributed by atoms with E-state index in [1.54, 1.807) is 18.2 Å². The molecule has 0 atom stereocenters. The lowest BCUT2D eigenvalue weighted by Crippen LogP contribution is -2.32. The molecule has 0 fully saturated rings. The number of benzene rings is 2. The molecule has 0 aliphatic rings. The minimum absolute atomic E-state index is 0.0621. The Morgan fingerprint density at radius 3 is 2.72 bits per heavy atom. The van der Waals surface area contributed by atoms with Gasteiger partial charge in [0.1, 0.15) is 15.9 Å². The van der Waals surface area contributed by atoms with Crippen LogP contribution in [0.4, 0.5) is 0 Å². The lowest BCUT2D eigenvalue weighted by molar-refractivity contribution is 0.403. The van der Waals surface area contributed by atoms with Crippen molar-refractivity contribution in [3.63, 3.8) is 0 Å². The van der Waals surface area contributed by atoms with E-state index in [4.69, 9.17) is 0 Å². The number of thiophene rings is 1. The number of nitrogens with one attached hydrogen (secondary N) is 1. The minimum atomic E-state index is -3.96. The molecule has 0 spiro atoms. The predicted octanol–water partition coefficient (Wildman–Crippen LogP) is 4.29. The van der Waals surface area contributed by atoms with E-state index in [1.165, 1.54) is 21.7 Å². The number of pyridine rings is 1. The number of hydrogen-bond donors (Lipinski definition) is 1. The normalized spacial score (nSPS) is 12.2. The second kappa shape index (κ2) is 8.21. The van der Waals surface area contributed by atoms with E-state index >= 15 is 0 Å². The number of fused-ring (bicyclic) bond motifs is 2. The highest BCUT2D eigenvalue weighted by atomic mass is 32.2. The van der Waals surface area contributed by atoms with E-state index < -0.39 is 10.0 Å². The maximum Gasteiger partial charge on any atom is 0.252 e. The number of rotatable bonds is 6. The number of aromatic amines is 1. The third kappa shape index (κ3) is 3.86. The van der Waals surface area contributed by atoms with Gasteiger partial charge in [-0.05, 0) is 54.1 Å². The first kappa shape index (κ1) is 21.0. The van der Waals surface area contributed by atoms with Gasteiger partial charge in [0.2, 0.25) is 10.0 Å². The molecule has 0 saturated heterocycles. The first-order valence-electron chi connectivity index (χ1n) is 9.78. The Kier molecular flexibility index (Phi) is 5.38. The summed E-state index contributed by atoms with van der Waals surface area (Å²) in [5.41, 5.74) is 2.73. The summed E-state index contributed by atoms with van der Waals surface area (Å²) in [7, 11) is -3.96. The highest BCUT2D eigenvalue weighted by Gasteiger charge is 2.29. The van der Waals surface area contributed by atoms with Gasteiger partial charge in [0.05, 0.1) is 11.7 Å². The molecule has 0 amide bonds. The van der Waals surface area contributed by atoms with Crippen molar-refractivity contribution in [2.75, 3.05) is 0 Å². The van der Waals surface area contributed by atoms with E-state index in [2.05, 4.69) is 13.7 Å². The lowest BCUT2D eigenvalue weighted by atomic mass is 10.1. The maximum absolute atomic E-state index is 13.8. The second-order valence-corrected chi connectivity index (χ2v) is 10.9. The molecular formula is C22H18N4O3S3. The van der Waals surface area contributed by atoms with Crippen LogP contribution in [0.25, 0.3) is 21.9 Å². The average Bonchev–Trinajstić information content (AvgIpc) is 3.45. The van der Waals surface area contributed by atoms with Crippen molar-refractivity contribution in [3.05, 3.63) is 86.3 Å². The van der Waals surface area contributed by atoms with Crippen LogP contribution >= 0.6 is 23.1 Å². The Morgan fingerprint density at radius 1 is 1.03 bits per heavy atom. The van der Waals surface area contributed by atoms with Crippen LogP contribution in [-0.4, -0.2) is 26.5 Å². The summed E-state index contributed by atoms with van der Waals surface area (Å²) >= 11 is 2.44. The average molecular weight is 483 g/mol. The van der Waals surface area contributed by atoms with E-state index in [-0.39, 0.29) is 23.5 Å². The number of aromatic nitrogens is 3. The first-order chi connectivity index (χ1) is 15.4. The maximum atomic E-state index is 13.8. The van der Waals surface area contributed by atoms with Crippen molar-refractivity contribution in [1.82, 2.24) is 18.0 Å². The van der Waals surface area contributed by atoms with Crippen molar-refractivity contribution in [3.8, 4) is 0 Å². The van der Waals surface area contributed by atoms with Gasteiger partial charge in [-0.2, -0.15) is 13.1 Å². The number of H-pyrrole nitrogens is 1. The minimum Gasteiger partial charge on any atom is -0.322 e. The molecule has 0 bridgehead atoms. The Bertz CT molecular complexity index is 1590. The molecule has 7 nitrogen and oxygen atoms in total. The summed E-state index contributed by atoms with van der Waals surface area (Å²) in [6.07, 6.45) is 0. The Labute approximate surface area is 192 Å². The van der Waals surface area contributed by atoms with Crippen LogP contribution < -0.4 is 5.56 Å². The van der Waals surface area contributed by atoms with Crippen molar-refractivity contribution in [1.29, 1.82) is 0 Å². The number of nitrogens with zero attached hydrogens (tertiary/aromatic N) is 3. The molecule has 3 heterocycles. The van der Waals surface area contributed by atoms with Gasteiger partial charge in [-0.15, -0.1) is 11.3 Å². The van der Waals surface area contributed by atoms with Crippen LogP contribution in [0.15, 0.2) is 69.7 Å². The number of aryl methyl sites for hydroxylation is 1. The molecule has 32 heavy (non-hydrogen) atoms. The van der Waals surface area contributed by atoms with Crippen LogP contribution in [0.5, 0.6) is 0 Å². The second-order valence-electron chi connectivity index (χ2n) is 7.45. The van der Waals surface area contributed by atoms with Gasteiger partial charge in [0, 0.05) is 29.0 Å². The molecule has 5 aromatic rings. The molecule has 0 radical (unpaired) electrons. The van der Waals surface area contributed by atoms with Gasteiger partial charge in [-0.3, -0.25) is 4.79 Å². The topological polar surface area (TPSA) is 96.0 Å². The summed E-state index contributed by atoms with van der Waals surface area (Å²) in [5, 5.41) is 2.76. The van der Waals surface area contributed by atoms with Crippen LogP contribution in [0.1, 0.15) is 16.0 Å². The number of sulfonamides is 1. The smallest absolute Gasteiger partial charge is 0.252 e. The molecule has 1 N–H and O–H groups in total. The third-order valence-electron chi connectivity index (χ3n) is 5.20. The monoisotopic (exact) mass is 482 g/mol. The molecule has 3 aromatic heterocycles. The largest absolute Gasteiger partial charge is 0.322 e. The van der Waals surface area contributed by atoms with Crippen LogP contribution in [0.3, 0.4) is 0 Å². The zero-order valence-electron chi connectivity index (χ0n) is 17.0. The van der Waals surface area contributed by atoms with Gasteiger partial charge < -0.3 is 4.98 Å². The molecule has 0 aliphatic heterocycles. The van der Waals surface area contributed by atoms with E-state index in [0.29, 0.717) is 16.6 Å². The molecule has 2 aromatic carbocycles. The van der Waals surface area contributed by atoms with Gasteiger partial charge >= 0.3 is 0 Å². The van der Waals surface area contributed by atoms with Crippen molar-refractivity contribution in [2.45, 2.75) is 24.9 Å². The Morgan fingerprint density at radius 2 is 1.91 bits per heavy atom. The highest BCUT2D eigenvalue weighted by Crippen LogP contribution is 2.27. The number of hydrogen-bond acceptors (Lipinski definition) is 7. The van der Waals surface area contributed by atoms with Crippen molar-refractivity contribution >= 4 is 55.0 Å². The van der Waals surface area contributed by atoms with Gasteiger partial charge in [0.25, 0.3) is 5.56 Å². The predicted molar refractivity (Wildman–Crippen MR) is 127 cm³/mol. The van der Waals surface area contributed by atoms with Crippen LogP contribution in [-0.2, 0) is 23.1 Å². The lowest BCUT2D eigenvalue weighted by Gasteiger charge is -2.22. The Balaban J connectivity index is 1.62. The first-order valence-corrected chi connectivity index (χ1v) is 12.8. The van der Waals surface area contributed by atoms with Crippen LogP contribution in [0, 0.1) is 6.92 Å². The standard InChI is InChI=1S/C22H18N4O3S3/c1-14-7-8-18-15(10-14)11-16(22(27)23-18)12-26(13-17-4-3-9-30-17)32(28,29)20-6-2-5-19-21(20)25-31-24-19/h2-11H,12-13H2,1H3,(H,23,27). The summed E-state index contributed by atoms with van der Waals surface area (Å²) in [4.78, 5) is 16.6. The fourth-order valence-corrected chi connectivity index (χ4v) is 6.56. The quantitative estimate of drug-likeness (QED) is 0.389. The molecule has 162 valence electrons. The zero-order valence-corrected chi connectivity index (χ0v) is 19.4. The summed E-state index contributed by atoms with van der Waals surface area (Å²) in [6, 6.07) is 16.2. The SMILES string of the molecule is Cc1ccc2[nH]c(=O)c(CN(Cc3cccs3)S(=O)(=O)c3cccc4nsnc34)cc2c1. The molecule has 10 heteroatoms. The fraction of sp³-hybridized carbons (Fsp3) is 0.136. The van der Waals surface area contributed by atoms with E-state index in [1.807, 2.05) is 42.6 Å². The van der Waals surface area contributed by atoms with Gasteiger partial charge in [0.15, 0.2) is 0 Å². The van der Waals surface area contributed by atoms with Crippen molar-refractivity contribution in [2.24, 2.45) is 0 Å². The van der Waals surface area contributed by atoms with E-state index in [9.17, 15) is 13.2 Å². The zero-order chi connectivity index (χ0) is 22.3. The van der Waals surface area contributed by atoms with Crippen molar-refractivity contribution < 1.29 is 8.42 Å². The highest BCUT2D eigenvalue weighted by molar-refractivity contribution is 7.89. The molecule has 5 rings (SSSR count). The third-order valence-corrected chi connectivity index (χ3v) is 8.43. The van der Waals surface area contributed by atoms with E-state index in [0.717, 1.165) is 33.1 Å². The fourth-order valence-electron chi connectivity index (χ4n) is 3.61.